The summed E-state index contributed by atoms with van der Waals surface area (Å²) in [7, 11) is 0. The number of nitro benzene ring substituents is 1. The molecular weight excluding hydrogens is 252 g/mol. The highest BCUT2D eigenvalue weighted by Gasteiger charge is 2.07. The van der Waals surface area contributed by atoms with Crippen LogP contribution in [0.5, 0.6) is 0 Å². The zero-order valence-corrected chi connectivity index (χ0v) is 11.8. The molecule has 2 aromatic carbocycles. The van der Waals surface area contributed by atoms with Gasteiger partial charge in [-0.1, -0.05) is 24.3 Å². The topological polar surface area (TPSA) is 55.5 Å². The average Bonchev–Trinajstić information content (AvgIpc) is 2.39. The summed E-state index contributed by atoms with van der Waals surface area (Å²) in [5.74, 6) is 0. The third kappa shape index (κ3) is 2.91. The van der Waals surface area contributed by atoms with Crippen LogP contribution < -0.4 is 0 Å². The molecule has 4 nitrogen and oxygen atoms in total. The van der Waals surface area contributed by atoms with Crippen molar-refractivity contribution in [3.8, 4) is 0 Å². The zero-order valence-electron chi connectivity index (χ0n) is 11.8. The van der Waals surface area contributed by atoms with Crippen LogP contribution in [-0.2, 0) is 0 Å². The summed E-state index contributed by atoms with van der Waals surface area (Å²) >= 11 is 0. The SMILES string of the molecule is Cc1ccc([N+](=O)[O-])cc1C=Nc1c(C)cccc1C. The van der Waals surface area contributed by atoms with E-state index in [4.69, 9.17) is 0 Å². The number of para-hydroxylation sites is 1. The highest BCUT2D eigenvalue weighted by molar-refractivity contribution is 5.85. The molecule has 4 heteroatoms. The number of non-ortho nitro benzene ring substituents is 1. The Balaban J connectivity index is 2.41. The van der Waals surface area contributed by atoms with Gasteiger partial charge in [-0.25, -0.2) is 0 Å². The van der Waals surface area contributed by atoms with Gasteiger partial charge in [-0.05, 0) is 37.5 Å². The molecule has 0 aliphatic rings. The van der Waals surface area contributed by atoms with Crippen LogP contribution in [0.1, 0.15) is 22.3 Å². The normalized spacial score (nSPS) is 10.9. The molecule has 0 spiro atoms. The molecule has 0 fully saturated rings. The summed E-state index contributed by atoms with van der Waals surface area (Å²) in [4.78, 5) is 14.9. The Kier molecular flexibility index (Phi) is 3.94. The van der Waals surface area contributed by atoms with E-state index in [0.29, 0.717) is 0 Å². The van der Waals surface area contributed by atoms with Crippen LogP contribution in [0.4, 0.5) is 11.4 Å². The van der Waals surface area contributed by atoms with Gasteiger partial charge in [0.1, 0.15) is 0 Å². The van der Waals surface area contributed by atoms with Gasteiger partial charge in [-0.15, -0.1) is 0 Å². The fourth-order valence-electron chi connectivity index (χ4n) is 2.02. The largest absolute Gasteiger partial charge is 0.270 e. The maximum atomic E-state index is 10.8. The lowest BCUT2D eigenvalue weighted by Crippen LogP contribution is -1.93. The van der Waals surface area contributed by atoms with Crippen LogP contribution in [0, 0.1) is 30.9 Å². The molecular formula is C16H16N2O2. The lowest BCUT2D eigenvalue weighted by atomic mass is 10.1. The second kappa shape index (κ2) is 5.65. The van der Waals surface area contributed by atoms with E-state index >= 15 is 0 Å². The van der Waals surface area contributed by atoms with Gasteiger partial charge in [0.25, 0.3) is 5.69 Å². The molecule has 0 saturated carbocycles. The van der Waals surface area contributed by atoms with Gasteiger partial charge in [-0.3, -0.25) is 15.1 Å². The summed E-state index contributed by atoms with van der Waals surface area (Å²) in [6.45, 7) is 5.91. The predicted molar refractivity (Wildman–Crippen MR) is 81.0 cm³/mol. The number of rotatable bonds is 3. The van der Waals surface area contributed by atoms with E-state index in [2.05, 4.69) is 4.99 Å². The minimum absolute atomic E-state index is 0.0820. The third-order valence-electron chi connectivity index (χ3n) is 3.25. The van der Waals surface area contributed by atoms with E-state index in [9.17, 15) is 10.1 Å². The lowest BCUT2D eigenvalue weighted by Gasteiger charge is -2.04. The Morgan fingerprint density at radius 2 is 1.70 bits per heavy atom. The number of hydrogen-bond donors (Lipinski definition) is 0. The van der Waals surface area contributed by atoms with E-state index < -0.39 is 4.92 Å². The first-order chi connectivity index (χ1) is 9.49. The van der Waals surface area contributed by atoms with Crippen molar-refractivity contribution in [3.05, 3.63) is 68.8 Å². The third-order valence-corrected chi connectivity index (χ3v) is 3.25. The summed E-state index contributed by atoms with van der Waals surface area (Å²) in [5.41, 5.74) is 4.90. The van der Waals surface area contributed by atoms with Crippen LogP contribution in [-0.4, -0.2) is 11.1 Å². The first-order valence-corrected chi connectivity index (χ1v) is 6.34. The van der Waals surface area contributed by atoms with Crippen molar-refractivity contribution in [3.63, 3.8) is 0 Å². The van der Waals surface area contributed by atoms with Gasteiger partial charge in [-0.2, -0.15) is 0 Å². The summed E-state index contributed by atoms with van der Waals surface area (Å²) in [6, 6.07) is 10.8. The van der Waals surface area contributed by atoms with Crippen molar-refractivity contribution in [1.29, 1.82) is 0 Å². The van der Waals surface area contributed by atoms with Crippen molar-refractivity contribution >= 4 is 17.6 Å². The summed E-state index contributed by atoms with van der Waals surface area (Å²) in [5, 5.41) is 10.8. The van der Waals surface area contributed by atoms with E-state index in [0.717, 1.165) is 27.9 Å². The Hall–Kier alpha value is -2.49. The fourth-order valence-corrected chi connectivity index (χ4v) is 2.02. The minimum Gasteiger partial charge on any atom is -0.258 e. The molecule has 102 valence electrons. The standard InChI is InChI=1S/C16H16N2O2/c1-11-7-8-15(18(19)20)9-14(11)10-17-16-12(2)5-4-6-13(16)3/h4-10H,1-3H3. The smallest absolute Gasteiger partial charge is 0.258 e. The van der Waals surface area contributed by atoms with Crippen molar-refractivity contribution < 1.29 is 4.92 Å². The van der Waals surface area contributed by atoms with Gasteiger partial charge in [0.2, 0.25) is 0 Å². The second-order valence-corrected chi connectivity index (χ2v) is 4.80. The van der Waals surface area contributed by atoms with Gasteiger partial charge < -0.3 is 0 Å². The van der Waals surface area contributed by atoms with Crippen molar-refractivity contribution in [2.24, 2.45) is 4.99 Å². The first-order valence-electron chi connectivity index (χ1n) is 6.34. The molecule has 0 atom stereocenters. The van der Waals surface area contributed by atoms with Crippen LogP contribution in [0.15, 0.2) is 41.4 Å². The molecule has 0 radical (unpaired) electrons. The van der Waals surface area contributed by atoms with Crippen molar-refractivity contribution in [1.82, 2.24) is 0 Å². The molecule has 0 unspecified atom stereocenters. The maximum Gasteiger partial charge on any atom is 0.270 e. The van der Waals surface area contributed by atoms with E-state index in [1.54, 1.807) is 18.3 Å². The van der Waals surface area contributed by atoms with E-state index in [1.807, 2.05) is 39.0 Å². The molecule has 2 rings (SSSR count). The molecule has 0 saturated heterocycles. The van der Waals surface area contributed by atoms with Gasteiger partial charge in [0.15, 0.2) is 0 Å². The van der Waals surface area contributed by atoms with Gasteiger partial charge in [0, 0.05) is 23.9 Å². The molecule has 0 heterocycles. The Bertz CT molecular complexity index is 671. The fraction of sp³-hybridized carbons (Fsp3) is 0.188. The summed E-state index contributed by atoms with van der Waals surface area (Å²) < 4.78 is 0. The number of aliphatic imine (C=N–C) groups is 1. The highest BCUT2D eigenvalue weighted by atomic mass is 16.6. The predicted octanol–water partition coefficient (Wildman–Crippen LogP) is 4.27. The molecule has 0 aliphatic carbocycles. The van der Waals surface area contributed by atoms with Crippen LogP contribution >= 0.6 is 0 Å². The molecule has 0 amide bonds. The van der Waals surface area contributed by atoms with Crippen LogP contribution in [0.25, 0.3) is 0 Å². The molecule has 20 heavy (non-hydrogen) atoms. The Morgan fingerprint density at radius 3 is 2.30 bits per heavy atom. The lowest BCUT2D eigenvalue weighted by molar-refractivity contribution is -0.384. The first kappa shape index (κ1) is 13.9. The van der Waals surface area contributed by atoms with E-state index in [-0.39, 0.29) is 5.69 Å². The molecule has 2 aromatic rings. The average molecular weight is 268 g/mol. The number of benzene rings is 2. The number of aryl methyl sites for hydroxylation is 3. The number of hydrogen-bond acceptors (Lipinski definition) is 3. The highest BCUT2D eigenvalue weighted by Crippen LogP contribution is 2.23. The van der Waals surface area contributed by atoms with E-state index in [1.165, 1.54) is 6.07 Å². The van der Waals surface area contributed by atoms with Crippen molar-refractivity contribution in [2.45, 2.75) is 20.8 Å². The number of nitro groups is 1. The van der Waals surface area contributed by atoms with Crippen molar-refractivity contribution in [2.75, 3.05) is 0 Å². The number of nitrogens with zero attached hydrogens (tertiary/aromatic N) is 2. The van der Waals surface area contributed by atoms with Crippen LogP contribution in [0.2, 0.25) is 0 Å². The molecule has 0 N–H and O–H groups in total. The molecule has 0 aliphatic heterocycles. The minimum atomic E-state index is -0.393. The quantitative estimate of drug-likeness (QED) is 0.474. The maximum absolute atomic E-state index is 10.8. The monoisotopic (exact) mass is 268 g/mol. The Labute approximate surface area is 117 Å². The van der Waals surface area contributed by atoms with Crippen LogP contribution in [0.3, 0.4) is 0 Å². The summed E-state index contributed by atoms with van der Waals surface area (Å²) in [6.07, 6.45) is 1.69. The van der Waals surface area contributed by atoms with Gasteiger partial charge >= 0.3 is 0 Å². The molecule has 0 bridgehead atoms. The molecule has 0 aromatic heterocycles. The second-order valence-electron chi connectivity index (χ2n) is 4.80. The van der Waals surface area contributed by atoms with Gasteiger partial charge in [0.05, 0.1) is 10.6 Å². The Morgan fingerprint density at radius 1 is 1.05 bits per heavy atom. The zero-order chi connectivity index (χ0) is 14.7.